The van der Waals surface area contributed by atoms with Gasteiger partial charge in [-0.3, -0.25) is 0 Å². The predicted molar refractivity (Wildman–Crippen MR) is 256 cm³/mol. The van der Waals surface area contributed by atoms with E-state index in [4.69, 9.17) is 13.8 Å². The summed E-state index contributed by atoms with van der Waals surface area (Å²) in [6.45, 7) is 0. The zero-order valence-corrected chi connectivity index (χ0v) is 33.4. The Kier molecular flexibility index (Phi) is 7.54. The maximum atomic E-state index is 6.68. The predicted octanol–water partition coefficient (Wildman–Crippen LogP) is 15.9. The van der Waals surface area contributed by atoms with Crippen molar-refractivity contribution in [3.63, 3.8) is 0 Å². The first-order valence-electron chi connectivity index (χ1n) is 20.9. The summed E-state index contributed by atoms with van der Waals surface area (Å²) >= 11 is 0. The van der Waals surface area contributed by atoms with Gasteiger partial charge in [0, 0.05) is 55.1 Å². The Labute approximate surface area is 355 Å². The fraction of sp³-hybridized carbons (Fsp3) is 0. The van der Waals surface area contributed by atoms with E-state index in [0.717, 1.165) is 99.5 Å². The van der Waals surface area contributed by atoms with Gasteiger partial charge in [-0.1, -0.05) is 127 Å². The van der Waals surface area contributed by atoms with Crippen molar-refractivity contribution in [2.75, 3.05) is 4.90 Å². The highest BCUT2D eigenvalue weighted by molar-refractivity contribution is 6.19. The van der Waals surface area contributed by atoms with E-state index in [1.165, 1.54) is 16.3 Å². The molecule has 0 spiro atoms. The largest absolute Gasteiger partial charge is 0.456 e. The van der Waals surface area contributed by atoms with Crippen molar-refractivity contribution >= 4 is 93.5 Å². The number of aromatic nitrogens is 2. The molecule has 290 valence electrons. The van der Waals surface area contributed by atoms with E-state index in [1.54, 1.807) is 0 Å². The molecule has 0 N–H and O–H groups in total. The van der Waals surface area contributed by atoms with Gasteiger partial charge in [0.1, 0.15) is 16.7 Å². The van der Waals surface area contributed by atoms with Gasteiger partial charge in [-0.05, 0) is 107 Å². The number of hydrogen-bond acceptors (Lipinski definition) is 4. The molecule has 3 aromatic heterocycles. The first-order valence-corrected chi connectivity index (χ1v) is 20.9. The number of anilines is 3. The number of oxazole rings is 1. The Hall–Kier alpha value is -8.41. The molecule has 0 amide bonds. The Balaban J connectivity index is 1.08. The smallest absolute Gasteiger partial charge is 0.227 e. The van der Waals surface area contributed by atoms with Gasteiger partial charge in [-0.2, -0.15) is 0 Å². The van der Waals surface area contributed by atoms with Crippen molar-refractivity contribution in [2.45, 2.75) is 0 Å². The van der Waals surface area contributed by atoms with Crippen LogP contribution in [0.15, 0.2) is 221 Å². The van der Waals surface area contributed by atoms with Crippen LogP contribution in [0.2, 0.25) is 0 Å². The minimum Gasteiger partial charge on any atom is -0.456 e. The van der Waals surface area contributed by atoms with Crippen LogP contribution < -0.4 is 4.90 Å². The van der Waals surface area contributed by atoms with Crippen molar-refractivity contribution in [2.24, 2.45) is 0 Å². The van der Waals surface area contributed by atoms with Crippen LogP contribution in [0.4, 0.5) is 17.1 Å². The number of furan rings is 1. The summed E-state index contributed by atoms with van der Waals surface area (Å²) in [7, 11) is 0. The van der Waals surface area contributed by atoms with Crippen LogP contribution in [0.1, 0.15) is 0 Å². The molecule has 13 rings (SSSR count). The number of hydrogen-bond donors (Lipinski definition) is 0. The molecule has 62 heavy (non-hydrogen) atoms. The number of benzene rings is 10. The Morgan fingerprint density at radius 1 is 0.419 bits per heavy atom. The highest BCUT2D eigenvalue weighted by Crippen LogP contribution is 2.46. The molecule has 3 heterocycles. The van der Waals surface area contributed by atoms with Crippen LogP contribution in [0.25, 0.3) is 105 Å². The lowest BCUT2D eigenvalue weighted by Gasteiger charge is -2.28. The molecule has 0 aliphatic carbocycles. The lowest BCUT2D eigenvalue weighted by molar-refractivity contribution is 0.623. The Bertz CT molecular complexity index is 3880. The van der Waals surface area contributed by atoms with Crippen LogP contribution >= 0.6 is 0 Å². The molecule has 5 nitrogen and oxygen atoms in total. The molecule has 0 atom stereocenters. The Morgan fingerprint density at radius 2 is 1.10 bits per heavy atom. The van der Waals surface area contributed by atoms with E-state index in [1.807, 2.05) is 42.5 Å². The molecular weight excluding hydrogens is 759 g/mol. The standard InChI is InChI=1S/C57H35N3O2/c1-3-13-38(14-4-1)57-58-49-31-26-37-24-23-36-25-28-41(34-47(36)55(37)56(49)62-57)59(42-29-30-45-44-18-8-11-21-51(44)60(52(45)35-42)40-15-5-2-6-16-40)50-20-10-7-17-43(50)39-27-32-54-48(33-39)46-19-9-12-22-53(46)61-54/h1-35H. The molecule has 0 saturated heterocycles. The third-order valence-electron chi connectivity index (χ3n) is 12.4. The normalized spacial score (nSPS) is 11.9. The summed E-state index contributed by atoms with van der Waals surface area (Å²) in [6, 6.07) is 75.3. The van der Waals surface area contributed by atoms with Gasteiger partial charge < -0.3 is 18.3 Å². The average Bonchev–Trinajstić information content (AvgIpc) is 4.04. The van der Waals surface area contributed by atoms with E-state index in [9.17, 15) is 0 Å². The molecule has 0 fully saturated rings. The van der Waals surface area contributed by atoms with Gasteiger partial charge in [0.25, 0.3) is 0 Å². The van der Waals surface area contributed by atoms with Gasteiger partial charge in [0.2, 0.25) is 5.89 Å². The van der Waals surface area contributed by atoms with Crippen LogP contribution in [-0.2, 0) is 0 Å². The second kappa shape index (κ2) is 13.6. The molecule has 0 aliphatic heterocycles. The van der Waals surface area contributed by atoms with Crippen molar-refractivity contribution in [3.05, 3.63) is 212 Å². The summed E-state index contributed by atoms with van der Waals surface area (Å²) in [6.07, 6.45) is 0. The molecule has 0 unspecified atom stereocenters. The molecule has 0 aliphatic rings. The highest BCUT2D eigenvalue weighted by atomic mass is 16.3. The minimum absolute atomic E-state index is 0.612. The third kappa shape index (κ3) is 5.32. The lowest BCUT2D eigenvalue weighted by Crippen LogP contribution is -2.11. The lowest BCUT2D eigenvalue weighted by atomic mass is 9.98. The fourth-order valence-corrected chi connectivity index (χ4v) is 9.54. The number of fused-ring (bicyclic) bond motifs is 11. The molecule has 5 heteroatoms. The second-order valence-electron chi connectivity index (χ2n) is 15.9. The maximum absolute atomic E-state index is 6.68. The van der Waals surface area contributed by atoms with Crippen molar-refractivity contribution in [3.8, 4) is 28.3 Å². The van der Waals surface area contributed by atoms with Crippen LogP contribution in [-0.4, -0.2) is 9.55 Å². The quantitative estimate of drug-likeness (QED) is 0.157. The summed E-state index contributed by atoms with van der Waals surface area (Å²) in [4.78, 5) is 7.38. The topological polar surface area (TPSA) is 47.3 Å². The van der Waals surface area contributed by atoms with E-state index in [-0.39, 0.29) is 0 Å². The fourth-order valence-electron chi connectivity index (χ4n) is 9.54. The number of nitrogens with zero attached hydrogens (tertiary/aromatic N) is 3. The monoisotopic (exact) mass is 793 g/mol. The molecule has 10 aromatic carbocycles. The van der Waals surface area contributed by atoms with Crippen LogP contribution in [0, 0.1) is 0 Å². The zero-order chi connectivity index (χ0) is 40.7. The first kappa shape index (κ1) is 34.5. The van der Waals surface area contributed by atoms with Gasteiger partial charge in [-0.25, -0.2) is 4.98 Å². The highest BCUT2D eigenvalue weighted by Gasteiger charge is 2.22. The van der Waals surface area contributed by atoms with Gasteiger partial charge in [-0.15, -0.1) is 0 Å². The van der Waals surface area contributed by atoms with Crippen molar-refractivity contribution in [1.82, 2.24) is 9.55 Å². The molecule has 0 bridgehead atoms. The Morgan fingerprint density at radius 3 is 2.00 bits per heavy atom. The van der Waals surface area contributed by atoms with E-state index >= 15 is 0 Å². The van der Waals surface area contributed by atoms with Crippen LogP contribution in [0.3, 0.4) is 0 Å². The number of rotatable bonds is 6. The van der Waals surface area contributed by atoms with Gasteiger partial charge in [0.15, 0.2) is 5.58 Å². The summed E-state index contributed by atoms with van der Waals surface area (Å²) in [5.74, 6) is 0.612. The first-order chi connectivity index (χ1) is 30.7. The summed E-state index contributed by atoms with van der Waals surface area (Å²) in [5, 5.41) is 8.97. The second-order valence-corrected chi connectivity index (χ2v) is 15.9. The zero-order valence-electron chi connectivity index (χ0n) is 33.4. The van der Waals surface area contributed by atoms with Gasteiger partial charge in [0.05, 0.1) is 16.7 Å². The number of para-hydroxylation sites is 4. The minimum atomic E-state index is 0.612. The molecule has 0 saturated carbocycles. The third-order valence-corrected chi connectivity index (χ3v) is 12.4. The van der Waals surface area contributed by atoms with E-state index < -0.39 is 0 Å². The molecule has 13 aromatic rings. The molecule has 0 radical (unpaired) electrons. The maximum Gasteiger partial charge on any atom is 0.227 e. The average molecular weight is 794 g/mol. The van der Waals surface area contributed by atoms with Crippen molar-refractivity contribution in [1.29, 1.82) is 0 Å². The van der Waals surface area contributed by atoms with E-state index in [2.05, 4.69) is 179 Å². The van der Waals surface area contributed by atoms with E-state index in [0.29, 0.717) is 5.89 Å². The van der Waals surface area contributed by atoms with Gasteiger partial charge >= 0.3 is 0 Å². The molecular formula is C57H35N3O2. The summed E-state index contributed by atoms with van der Waals surface area (Å²) in [5.41, 5.74) is 13.1. The van der Waals surface area contributed by atoms with Crippen LogP contribution in [0.5, 0.6) is 0 Å². The summed E-state index contributed by atoms with van der Waals surface area (Å²) < 4.78 is 15.3. The van der Waals surface area contributed by atoms with Crippen molar-refractivity contribution < 1.29 is 8.83 Å². The SMILES string of the molecule is c1ccc(-c2nc3ccc4ccc5ccc(N(c6ccc7c8ccccc8n(-c8ccccc8)c7c6)c6ccccc6-c6ccc7oc8ccccc8c7c6)cc5c4c3o2)cc1.